The fraction of sp³-hybridized carbons (Fsp3) is 0.150. The molecular weight excluding hydrogens is 366 g/mol. The van der Waals surface area contributed by atoms with Gasteiger partial charge in [-0.3, -0.25) is 9.59 Å². The number of para-hydroxylation sites is 1. The first-order valence-corrected chi connectivity index (χ1v) is 8.55. The van der Waals surface area contributed by atoms with Gasteiger partial charge < -0.3 is 10.1 Å². The molecular formula is C20H20ClN3O3. The predicted octanol–water partition coefficient (Wildman–Crippen LogP) is 3.02. The van der Waals surface area contributed by atoms with E-state index in [1.165, 1.54) is 6.08 Å². The zero-order valence-corrected chi connectivity index (χ0v) is 15.8. The molecule has 0 aliphatic heterocycles. The molecule has 0 saturated heterocycles. The summed E-state index contributed by atoms with van der Waals surface area (Å²) in [6.45, 7) is 1.57. The van der Waals surface area contributed by atoms with Crippen LogP contribution in [0.3, 0.4) is 0 Å². The number of carbonyl (C=O) groups excluding carboxylic acids is 2. The van der Waals surface area contributed by atoms with Gasteiger partial charge in [-0.05, 0) is 36.8 Å². The number of rotatable bonds is 7. The first kappa shape index (κ1) is 20.2. The molecule has 0 aliphatic carbocycles. The van der Waals surface area contributed by atoms with Gasteiger partial charge in [-0.25, -0.2) is 5.43 Å². The van der Waals surface area contributed by atoms with Crippen LogP contribution in [0.25, 0.3) is 6.08 Å². The Balaban J connectivity index is 1.82. The summed E-state index contributed by atoms with van der Waals surface area (Å²) in [5, 5.41) is 7.13. The molecule has 0 fully saturated rings. The molecule has 2 N–H and O–H groups in total. The van der Waals surface area contributed by atoms with Crippen LogP contribution in [0.1, 0.15) is 18.1 Å². The fourth-order valence-electron chi connectivity index (χ4n) is 2.14. The maximum absolute atomic E-state index is 11.8. The topological polar surface area (TPSA) is 79.8 Å². The predicted molar refractivity (Wildman–Crippen MR) is 107 cm³/mol. The van der Waals surface area contributed by atoms with E-state index in [0.717, 1.165) is 11.1 Å². The fourth-order valence-corrected chi connectivity index (χ4v) is 2.26. The third-order valence-corrected chi connectivity index (χ3v) is 3.84. The lowest BCUT2D eigenvalue weighted by molar-refractivity contribution is -0.123. The summed E-state index contributed by atoms with van der Waals surface area (Å²) in [5.41, 5.74) is 4.63. The zero-order valence-electron chi connectivity index (χ0n) is 15.0. The van der Waals surface area contributed by atoms with Crippen molar-refractivity contribution in [1.82, 2.24) is 10.7 Å². The number of halogens is 1. The Kier molecular flexibility index (Phi) is 7.58. The number of hydrazone groups is 1. The Morgan fingerprint density at radius 1 is 1.15 bits per heavy atom. The molecule has 0 heterocycles. The van der Waals surface area contributed by atoms with Crippen LogP contribution in [-0.4, -0.2) is 31.2 Å². The maximum atomic E-state index is 11.8. The van der Waals surface area contributed by atoms with Crippen LogP contribution >= 0.6 is 11.6 Å². The van der Waals surface area contributed by atoms with Crippen LogP contribution in [0.5, 0.6) is 5.75 Å². The van der Waals surface area contributed by atoms with Crippen molar-refractivity contribution in [2.45, 2.75) is 6.92 Å². The largest absolute Gasteiger partial charge is 0.496 e. The van der Waals surface area contributed by atoms with Crippen LogP contribution in [0.2, 0.25) is 5.02 Å². The maximum Gasteiger partial charge on any atom is 0.259 e. The van der Waals surface area contributed by atoms with Gasteiger partial charge in [0.15, 0.2) is 0 Å². The lowest BCUT2D eigenvalue weighted by atomic mass is 10.1. The highest BCUT2D eigenvalue weighted by Crippen LogP contribution is 2.18. The number of methoxy groups -OCH3 is 1. The highest BCUT2D eigenvalue weighted by molar-refractivity contribution is 6.30. The first-order valence-electron chi connectivity index (χ1n) is 8.17. The van der Waals surface area contributed by atoms with Crippen molar-refractivity contribution in [1.29, 1.82) is 0 Å². The van der Waals surface area contributed by atoms with Gasteiger partial charge in [0.1, 0.15) is 5.75 Å². The highest BCUT2D eigenvalue weighted by atomic mass is 35.5. The van der Waals surface area contributed by atoms with E-state index in [2.05, 4.69) is 15.8 Å². The molecule has 0 spiro atoms. The lowest BCUT2D eigenvalue weighted by Gasteiger charge is -2.05. The SMILES string of the molecule is COc1ccccc1/C=C/C(=O)NCC(=O)NN=C(C)c1ccc(Cl)cc1. The van der Waals surface area contributed by atoms with Crippen molar-refractivity contribution in [3.05, 3.63) is 70.8 Å². The zero-order chi connectivity index (χ0) is 19.6. The number of carbonyl (C=O) groups is 2. The summed E-state index contributed by atoms with van der Waals surface area (Å²) in [5.74, 6) is -0.164. The molecule has 2 amide bonds. The quantitative estimate of drug-likeness (QED) is 0.437. The van der Waals surface area contributed by atoms with Gasteiger partial charge in [0.05, 0.1) is 19.4 Å². The lowest BCUT2D eigenvalue weighted by Crippen LogP contribution is -2.34. The van der Waals surface area contributed by atoms with Crippen molar-refractivity contribution in [3.8, 4) is 5.75 Å². The Hall–Kier alpha value is -3.12. The van der Waals surface area contributed by atoms with Crippen LogP contribution in [-0.2, 0) is 9.59 Å². The van der Waals surface area contributed by atoms with E-state index in [9.17, 15) is 9.59 Å². The second-order valence-electron chi connectivity index (χ2n) is 5.53. The van der Waals surface area contributed by atoms with E-state index in [-0.39, 0.29) is 6.54 Å². The second kappa shape index (κ2) is 10.1. The Bertz CT molecular complexity index is 861. The molecule has 0 aromatic heterocycles. The molecule has 0 saturated carbocycles. The molecule has 2 rings (SSSR count). The third-order valence-electron chi connectivity index (χ3n) is 3.59. The number of ether oxygens (including phenoxy) is 1. The van der Waals surface area contributed by atoms with Crippen LogP contribution in [0.4, 0.5) is 0 Å². The minimum Gasteiger partial charge on any atom is -0.496 e. The van der Waals surface area contributed by atoms with E-state index >= 15 is 0 Å². The molecule has 2 aromatic carbocycles. The minimum absolute atomic E-state index is 0.188. The van der Waals surface area contributed by atoms with E-state index in [1.807, 2.05) is 18.2 Å². The molecule has 0 unspecified atom stereocenters. The molecule has 0 bridgehead atoms. The average Bonchev–Trinajstić information content (AvgIpc) is 2.69. The van der Waals surface area contributed by atoms with Crippen LogP contribution < -0.4 is 15.5 Å². The summed E-state index contributed by atoms with van der Waals surface area (Å²) >= 11 is 5.83. The smallest absolute Gasteiger partial charge is 0.259 e. The Labute approximate surface area is 162 Å². The summed E-state index contributed by atoms with van der Waals surface area (Å²) < 4.78 is 5.20. The van der Waals surface area contributed by atoms with Gasteiger partial charge in [-0.1, -0.05) is 41.9 Å². The molecule has 6 nitrogen and oxygen atoms in total. The number of nitrogens with zero attached hydrogens (tertiary/aromatic N) is 1. The van der Waals surface area contributed by atoms with Crippen molar-refractivity contribution < 1.29 is 14.3 Å². The minimum atomic E-state index is -0.428. The van der Waals surface area contributed by atoms with Gasteiger partial charge in [0.2, 0.25) is 5.91 Å². The van der Waals surface area contributed by atoms with Gasteiger partial charge in [-0.15, -0.1) is 0 Å². The average molecular weight is 386 g/mol. The number of nitrogens with one attached hydrogen (secondary N) is 2. The molecule has 2 aromatic rings. The van der Waals surface area contributed by atoms with Crippen LogP contribution in [0.15, 0.2) is 59.7 Å². The summed E-state index contributed by atoms with van der Waals surface area (Å²) in [7, 11) is 1.56. The van der Waals surface area contributed by atoms with Gasteiger partial charge in [-0.2, -0.15) is 5.10 Å². The summed E-state index contributed by atoms with van der Waals surface area (Å²) in [6.07, 6.45) is 2.96. The molecule has 140 valence electrons. The number of benzene rings is 2. The molecule has 0 aliphatic rings. The molecule has 7 heteroatoms. The number of amides is 2. The number of hydrogen-bond donors (Lipinski definition) is 2. The van der Waals surface area contributed by atoms with Gasteiger partial charge >= 0.3 is 0 Å². The van der Waals surface area contributed by atoms with Crippen molar-refractivity contribution in [3.63, 3.8) is 0 Å². The standard InChI is InChI=1S/C20H20ClN3O3/c1-14(15-7-10-17(21)11-8-15)23-24-20(26)13-22-19(25)12-9-16-5-3-4-6-18(16)27-2/h3-12H,13H2,1-2H3,(H,22,25)(H,24,26)/b12-9+,23-14?. The van der Waals surface area contributed by atoms with Crippen molar-refractivity contribution in [2.24, 2.45) is 5.10 Å². The molecule has 27 heavy (non-hydrogen) atoms. The molecule has 0 atom stereocenters. The van der Waals surface area contributed by atoms with Gasteiger partial charge in [0, 0.05) is 16.7 Å². The third kappa shape index (κ3) is 6.60. The van der Waals surface area contributed by atoms with Crippen molar-refractivity contribution in [2.75, 3.05) is 13.7 Å². The van der Waals surface area contributed by atoms with E-state index in [0.29, 0.717) is 16.5 Å². The van der Waals surface area contributed by atoms with Crippen molar-refractivity contribution >= 4 is 35.2 Å². The Morgan fingerprint density at radius 3 is 2.56 bits per heavy atom. The Morgan fingerprint density at radius 2 is 1.85 bits per heavy atom. The van der Waals surface area contributed by atoms with E-state index < -0.39 is 11.8 Å². The first-order chi connectivity index (χ1) is 13.0. The van der Waals surface area contributed by atoms with Crippen LogP contribution in [0, 0.1) is 0 Å². The van der Waals surface area contributed by atoms with E-state index in [1.54, 1.807) is 50.4 Å². The normalized spacial score (nSPS) is 11.3. The summed E-state index contributed by atoms with van der Waals surface area (Å²) in [4.78, 5) is 23.7. The van der Waals surface area contributed by atoms with E-state index in [4.69, 9.17) is 16.3 Å². The number of hydrogen-bond acceptors (Lipinski definition) is 4. The molecule has 0 radical (unpaired) electrons. The second-order valence-corrected chi connectivity index (χ2v) is 5.97. The highest BCUT2D eigenvalue weighted by Gasteiger charge is 2.04. The van der Waals surface area contributed by atoms with Gasteiger partial charge in [0.25, 0.3) is 5.91 Å². The monoisotopic (exact) mass is 385 g/mol. The summed E-state index contributed by atoms with van der Waals surface area (Å²) in [6, 6.07) is 14.4.